The van der Waals surface area contributed by atoms with Gasteiger partial charge in [0.1, 0.15) is 17.7 Å². The predicted molar refractivity (Wildman–Crippen MR) is 70.5 cm³/mol. The van der Waals surface area contributed by atoms with Gasteiger partial charge in [-0.05, 0) is 17.7 Å². The van der Waals surface area contributed by atoms with Crippen LogP contribution >= 0.6 is 0 Å². The molecule has 0 saturated heterocycles. The van der Waals surface area contributed by atoms with E-state index in [2.05, 4.69) is 0 Å². The predicted octanol–water partition coefficient (Wildman–Crippen LogP) is 3.25. The second-order valence-corrected chi connectivity index (χ2v) is 4.86. The Balaban J connectivity index is 1.81. The van der Waals surface area contributed by atoms with Gasteiger partial charge in [0.15, 0.2) is 0 Å². The second kappa shape index (κ2) is 5.02. The molecule has 2 aromatic carbocycles. The summed E-state index contributed by atoms with van der Waals surface area (Å²) in [5.74, 6) is 0.117. The third kappa shape index (κ3) is 2.61. The van der Waals surface area contributed by atoms with Gasteiger partial charge in [0.05, 0.1) is 6.10 Å². The van der Waals surface area contributed by atoms with Crippen LogP contribution in [0.1, 0.15) is 23.7 Å². The van der Waals surface area contributed by atoms with E-state index in [0.29, 0.717) is 24.2 Å². The Kier molecular flexibility index (Phi) is 3.22. The van der Waals surface area contributed by atoms with Gasteiger partial charge in [-0.25, -0.2) is 4.39 Å². The normalized spacial score (nSPS) is 21.6. The number of ether oxygens (including phenoxy) is 1. The van der Waals surface area contributed by atoms with Gasteiger partial charge in [-0.3, -0.25) is 0 Å². The summed E-state index contributed by atoms with van der Waals surface area (Å²) in [5, 5.41) is 10.1. The van der Waals surface area contributed by atoms with Crippen molar-refractivity contribution in [2.75, 3.05) is 0 Å². The highest BCUT2D eigenvalue weighted by Gasteiger charge is 2.27. The molecule has 19 heavy (non-hydrogen) atoms. The highest BCUT2D eigenvalue weighted by atomic mass is 19.1. The third-order valence-electron chi connectivity index (χ3n) is 3.42. The largest absolute Gasteiger partial charge is 0.489 e. The van der Waals surface area contributed by atoms with E-state index < -0.39 is 6.10 Å². The van der Waals surface area contributed by atoms with Crippen LogP contribution in [0.15, 0.2) is 48.5 Å². The van der Waals surface area contributed by atoms with Gasteiger partial charge in [0.25, 0.3) is 0 Å². The molecule has 0 spiro atoms. The van der Waals surface area contributed by atoms with Gasteiger partial charge in [0, 0.05) is 24.5 Å². The lowest BCUT2D eigenvalue weighted by Gasteiger charge is -2.29. The molecule has 2 aromatic rings. The summed E-state index contributed by atoms with van der Waals surface area (Å²) < 4.78 is 19.0. The molecule has 3 heteroatoms. The Bertz CT molecular complexity index is 568. The van der Waals surface area contributed by atoms with E-state index in [0.717, 1.165) is 5.56 Å². The monoisotopic (exact) mass is 258 g/mol. The number of benzene rings is 2. The molecule has 0 fully saturated rings. The third-order valence-corrected chi connectivity index (χ3v) is 3.42. The lowest BCUT2D eigenvalue weighted by atomic mass is 9.95. The molecule has 0 aliphatic carbocycles. The lowest BCUT2D eigenvalue weighted by Crippen LogP contribution is -2.27. The highest BCUT2D eigenvalue weighted by molar-refractivity contribution is 5.37. The van der Waals surface area contributed by atoms with Crippen LogP contribution < -0.4 is 4.74 Å². The summed E-state index contributed by atoms with van der Waals surface area (Å²) in [7, 11) is 0. The smallest absolute Gasteiger partial charge is 0.128 e. The standard InChI is InChI=1S/C16H15FO2/c17-12-6-7-14-15(18)10-13(19-16(14)9-12)8-11-4-2-1-3-5-11/h1-7,9,13,15,18H,8,10H2. The zero-order chi connectivity index (χ0) is 13.2. The fraction of sp³-hybridized carbons (Fsp3) is 0.250. The number of hydrogen-bond acceptors (Lipinski definition) is 2. The Morgan fingerprint density at radius 3 is 2.74 bits per heavy atom. The van der Waals surface area contributed by atoms with E-state index in [1.165, 1.54) is 12.1 Å². The number of fused-ring (bicyclic) bond motifs is 1. The van der Waals surface area contributed by atoms with Crippen molar-refractivity contribution in [1.82, 2.24) is 0 Å². The molecular formula is C16H15FO2. The van der Waals surface area contributed by atoms with Crippen molar-refractivity contribution in [3.63, 3.8) is 0 Å². The average molecular weight is 258 g/mol. The van der Waals surface area contributed by atoms with Crippen LogP contribution in [0.25, 0.3) is 0 Å². The average Bonchev–Trinajstić information content (AvgIpc) is 2.39. The molecule has 2 atom stereocenters. The van der Waals surface area contributed by atoms with Crippen LogP contribution in [0.5, 0.6) is 5.75 Å². The zero-order valence-electron chi connectivity index (χ0n) is 10.4. The summed E-state index contributed by atoms with van der Waals surface area (Å²) in [4.78, 5) is 0. The summed E-state index contributed by atoms with van der Waals surface area (Å²) in [5.41, 5.74) is 1.82. The summed E-state index contributed by atoms with van der Waals surface area (Å²) in [6, 6.07) is 14.2. The van der Waals surface area contributed by atoms with Crippen molar-refractivity contribution in [3.05, 3.63) is 65.5 Å². The molecule has 0 radical (unpaired) electrons. The molecular weight excluding hydrogens is 243 g/mol. The first-order valence-electron chi connectivity index (χ1n) is 6.40. The maximum atomic E-state index is 13.2. The fourth-order valence-electron chi connectivity index (χ4n) is 2.49. The van der Waals surface area contributed by atoms with Crippen LogP contribution in [-0.2, 0) is 6.42 Å². The second-order valence-electron chi connectivity index (χ2n) is 4.86. The van der Waals surface area contributed by atoms with Crippen molar-refractivity contribution < 1.29 is 14.2 Å². The molecule has 1 aliphatic heterocycles. The fourth-order valence-corrected chi connectivity index (χ4v) is 2.49. The maximum Gasteiger partial charge on any atom is 0.128 e. The van der Waals surface area contributed by atoms with E-state index in [1.807, 2.05) is 30.3 Å². The van der Waals surface area contributed by atoms with Gasteiger partial charge < -0.3 is 9.84 Å². The zero-order valence-corrected chi connectivity index (χ0v) is 10.4. The van der Waals surface area contributed by atoms with Crippen LogP contribution in [0.4, 0.5) is 4.39 Å². The van der Waals surface area contributed by atoms with E-state index in [-0.39, 0.29) is 11.9 Å². The quantitative estimate of drug-likeness (QED) is 0.896. The van der Waals surface area contributed by atoms with Gasteiger partial charge in [0.2, 0.25) is 0 Å². The number of rotatable bonds is 2. The van der Waals surface area contributed by atoms with E-state index in [9.17, 15) is 9.50 Å². The van der Waals surface area contributed by atoms with E-state index >= 15 is 0 Å². The molecule has 1 heterocycles. The van der Waals surface area contributed by atoms with Crippen LogP contribution in [0, 0.1) is 5.82 Å². The summed E-state index contributed by atoms with van der Waals surface area (Å²) in [6.07, 6.45) is 0.547. The SMILES string of the molecule is OC1CC(Cc2ccccc2)Oc2cc(F)ccc21. The number of aliphatic hydroxyl groups is 1. The molecule has 0 amide bonds. The van der Waals surface area contributed by atoms with Gasteiger partial charge in [-0.15, -0.1) is 0 Å². The van der Waals surface area contributed by atoms with Gasteiger partial charge >= 0.3 is 0 Å². The number of aliphatic hydroxyl groups excluding tert-OH is 1. The number of halogens is 1. The lowest BCUT2D eigenvalue weighted by molar-refractivity contribution is 0.0659. The molecule has 1 N–H and O–H groups in total. The molecule has 0 bridgehead atoms. The Morgan fingerprint density at radius 1 is 1.16 bits per heavy atom. The molecule has 0 saturated carbocycles. The maximum absolute atomic E-state index is 13.2. The summed E-state index contributed by atoms with van der Waals surface area (Å²) >= 11 is 0. The minimum Gasteiger partial charge on any atom is -0.489 e. The highest BCUT2D eigenvalue weighted by Crippen LogP contribution is 2.35. The summed E-state index contributed by atoms with van der Waals surface area (Å²) in [6.45, 7) is 0. The van der Waals surface area contributed by atoms with Gasteiger partial charge in [-0.1, -0.05) is 30.3 Å². The van der Waals surface area contributed by atoms with Crippen LogP contribution in [-0.4, -0.2) is 11.2 Å². The van der Waals surface area contributed by atoms with Gasteiger partial charge in [-0.2, -0.15) is 0 Å². The first-order valence-corrected chi connectivity index (χ1v) is 6.40. The van der Waals surface area contributed by atoms with Crippen molar-refractivity contribution in [2.24, 2.45) is 0 Å². The minimum absolute atomic E-state index is 0.119. The topological polar surface area (TPSA) is 29.5 Å². The van der Waals surface area contributed by atoms with E-state index in [1.54, 1.807) is 6.07 Å². The minimum atomic E-state index is -0.585. The molecule has 2 nitrogen and oxygen atoms in total. The first-order chi connectivity index (χ1) is 9.22. The molecule has 2 unspecified atom stereocenters. The first kappa shape index (κ1) is 12.2. The number of hydrogen-bond donors (Lipinski definition) is 1. The van der Waals surface area contributed by atoms with Crippen LogP contribution in [0.3, 0.4) is 0 Å². The Labute approximate surface area is 111 Å². The van der Waals surface area contributed by atoms with Crippen molar-refractivity contribution in [2.45, 2.75) is 25.0 Å². The van der Waals surface area contributed by atoms with Crippen molar-refractivity contribution in [3.8, 4) is 5.75 Å². The molecule has 0 aromatic heterocycles. The van der Waals surface area contributed by atoms with Crippen LogP contribution in [0.2, 0.25) is 0 Å². The Morgan fingerprint density at radius 2 is 1.95 bits per heavy atom. The molecule has 98 valence electrons. The van der Waals surface area contributed by atoms with Crippen molar-refractivity contribution in [1.29, 1.82) is 0 Å². The molecule has 1 aliphatic rings. The van der Waals surface area contributed by atoms with E-state index in [4.69, 9.17) is 4.74 Å². The molecule has 3 rings (SSSR count). The van der Waals surface area contributed by atoms with Crippen molar-refractivity contribution >= 4 is 0 Å². The Hall–Kier alpha value is -1.87.